The molecule has 4 rings (SSSR count). The Kier molecular flexibility index (Phi) is 5.62. The normalized spacial score (nSPS) is 15.1. The van der Waals surface area contributed by atoms with Gasteiger partial charge in [0, 0.05) is 17.1 Å². The van der Waals surface area contributed by atoms with Crippen LogP contribution < -0.4 is 21.5 Å². The summed E-state index contributed by atoms with van der Waals surface area (Å²) in [7, 11) is 0. The molecule has 0 saturated heterocycles. The van der Waals surface area contributed by atoms with Gasteiger partial charge in [0.05, 0.1) is 22.2 Å². The number of H-pyrrole nitrogens is 1. The zero-order valence-corrected chi connectivity index (χ0v) is 17.1. The highest BCUT2D eigenvalue weighted by atomic mass is 35.5. The van der Waals surface area contributed by atoms with Gasteiger partial charge in [-0.05, 0) is 42.5 Å². The number of carbonyl (C=O) groups is 2. The Bertz CT molecular complexity index is 1250. The molecule has 3 aromatic rings. The highest BCUT2D eigenvalue weighted by molar-refractivity contribution is 6.36. The maximum atomic E-state index is 13.1. The zero-order valence-electron chi connectivity index (χ0n) is 15.6. The number of carbonyl (C=O) groups excluding carboxylic acids is 2. The smallest absolute Gasteiger partial charge is 0.258 e. The number of aromatic nitrogens is 2. The zero-order chi connectivity index (χ0) is 22.1. The minimum absolute atomic E-state index is 0.0202. The van der Waals surface area contributed by atoms with Crippen molar-refractivity contribution in [3.63, 3.8) is 0 Å². The van der Waals surface area contributed by atoms with Gasteiger partial charge in [0.25, 0.3) is 5.56 Å². The van der Waals surface area contributed by atoms with Gasteiger partial charge in [-0.3, -0.25) is 19.4 Å². The Morgan fingerprint density at radius 3 is 2.58 bits per heavy atom. The van der Waals surface area contributed by atoms with Crippen LogP contribution >= 0.6 is 23.2 Å². The van der Waals surface area contributed by atoms with Crippen molar-refractivity contribution in [2.24, 2.45) is 0 Å². The number of amides is 2. The minimum atomic E-state index is -1.08. The number of aromatic amines is 1. The Labute approximate surface area is 184 Å². The largest absolute Gasteiger partial charge is 0.326 e. The standard InChI is InChI=1S/C20H14Cl2FN5O3/c21-9-1-6-14(13(22)7-9)25-18(30)12-8-15(29)26-17-16(12)19(31)28-20(27-17)24-11-4-2-10(23)3-5-11/h1-7,12H,8H2,(H,25,30)(H3,24,26,27,28,29,31). The van der Waals surface area contributed by atoms with E-state index in [1.807, 2.05) is 0 Å². The Morgan fingerprint density at radius 2 is 1.87 bits per heavy atom. The number of hydrogen-bond donors (Lipinski definition) is 4. The average molecular weight is 462 g/mol. The van der Waals surface area contributed by atoms with Crippen molar-refractivity contribution >= 4 is 58.2 Å². The van der Waals surface area contributed by atoms with Crippen molar-refractivity contribution in [1.29, 1.82) is 0 Å². The van der Waals surface area contributed by atoms with Crippen molar-refractivity contribution < 1.29 is 14.0 Å². The lowest BCUT2D eigenvalue weighted by molar-refractivity contribution is -0.123. The van der Waals surface area contributed by atoms with Crippen LogP contribution in [0.25, 0.3) is 0 Å². The molecule has 1 aliphatic heterocycles. The van der Waals surface area contributed by atoms with Crippen LogP contribution in [-0.4, -0.2) is 21.8 Å². The van der Waals surface area contributed by atoms with E-state index >= 15 is 0 Å². The molecule has 0 aliphatic carbocycles. The quantitative estimate of drug-likeness (QED) is 0.468. The van der Waals surface area contributed by atoms with Crippen molar-refractivity contribution in [2.75, 3.05) is 16.0 Å². The van der Waals surface area contributed by atoms with E-state index in [9.17, 15) is 18.8 Å². The highest BCUT2D eigenvalue weighted by Crippen LogP contribution is 2.32. The van der Waals surface area contributed by atoms with Gasteiger partial charge in [-0.1, -0.05) is 23.2 Å². The van der Waals surface area contributed by atoms with Crippen LogP contribution in [0.1, 0.15) is 17.9 Å². The number of halogens is 3. The predicted octanol–water partition coefficient (Wildman–Crippen LogP) is 4.02. The Balaban J connectivity index is 1.64. The van der Waals surface area contributed by atoms with E-state index in [2.05, 4.69) is 25.9 Å². The first-order valence-corrected chi connectivity index (χ1v) is 9.78. The molecule has 2 heterocycles. The first-order valence-electron chi connectivity index (χ1n) is 9.03. The minimum Gasteiger partial charge on any atom is -0.326 e. The SMILES string of the molecule is O=C1CC(C(=O)Nc2ccc(Cl)cc2Cl)c2c(nc(Nc3ccc(F)cc3)[nH]c2=O)N1. The molecule has 2 amide bonds. The van der Waals surface area contributed by atoms with Crippen molar-refractivity contribution in [3.05, 3.63) is 74.2 Å². The second-order valence-corrected chi connectivity index (χ2v) is 7.57. The van der Waals surface area contributed by atoms with Gasteiger partial charge in [-0.25, -0.2) is 4.39 Å². The van der Waals surface area contributed by atoms with Gasteiger partial charge < -0.3 is 16.0 Å². The van der Waals surface area contributed by atoms with Crippen molar-refractivity contribution in [3.8, 4) is 0 Å². The summed E-state index contributed by atoms with van der Waals surface area (Å²) in [6.07, 6.45) is -0.237. The van der Waals surface area contributed by atoms with E-state index in [-0.39, 0.29) is 28.8 Å². The summed E-state index contributed by atoms with van der Waals surface area (Å²) in [5.41, 5.74) is 0.185. The number of benzene rings is 2. The number of nitrogens with zero attached hydrogens (tertiary/aromatic N) is 1. The molecule has 2 aromatic carbocycles. The van der Waals surface area contributed by atoms with Crippen LogP contribution in [0.2, 0.25) is 10.0 Å². The van der Waals surface area contributed by atoms with Gasteiger partial charge in [-0.2, -0.15) is 4.98 Å². The maximum absolute atomic E-state index is 13.1. The molecule has 1 aromatic heterocycles. The summed E-state index contributed by atoms with van der Waals surface area (Å²) in [5, 5.41) is 8.55. The van der Waals surface area contributed by atoms with Crippen LogP contribution in [0.4, 0.5) is 27.5 Å². The third-order valence-electron chi connectivity index (χ3n) is 4.56. The molecule has 158 valence electrons. The number of fused-ring (bicyclic) bond motifs is 1. The number of nitrogens with one attached hydrogen (secondary N) is 4. The summed E-state index contributed by atoms with van der Waals surface area (Å²) in [4.78, 5) is 44.5. The predicted molar refractivity (Wildman–Crippen MR) is 116 cm³/mol. The number of hydrogen-bond acceptors (Lipinski definition) is 5. The highest BCUT2D eigenvalue weighted by Gasteiger charge is 2.35. The molecule has 11 heteroatoms. The fourth-order valence-electron chi connectivity index (χ4n) is 3.14. The summed E-state index contributed by atoms with van der Waals surface area (Å²) >= 11 is 12.0. The van der Waals surface area contributed by atoms with E-state index in [0.717, 1.165) is 0 Å². The van der Waals surface area contributed by atoms with E-state index in [1.165, 1.54) is 36.4 Å². The molecule has 0 bridgehead atoms. The lowest BCUT2D eigenvalue weighted by Gasteiger charge is -2.24. The Hall–Kier alpha value is -3.43. The summed E-state index contributed by atoms with van der Waals surface area (Å²) in [5.74, 6) is -2.57. The summed E-state index contributed by atoms with van der Waals surface area (Å²) in [6, 6.07) is 9.92. The first kappa shape index (κ1) is 20.8. The average Bonchev–Trinajstić information content (AvgIpc) is 2.71. The lowest BCUT2D eigenvalue weighted by atomic mass is 9.92. The monoisotopic (exact) mass is 461 g/mol. The van der Waals surface area contributed by atoms with Crippen LogP contribution in [0, 0.1) is 5.82 Å². The second-order valence-electron chi connectivity index (χ2n) is 6.73. The van der Waals surface area contributed by atoms with E-state index < -0.39 is 29.1 Å². The van der Waals surface area contributed by atoms with Gasteiger partial charge in [-0.15, -0.1) is 0 Å². The molecular weight excluding hydrogens is 448 g/mol. The van der Waals surface area contributed by atoms with Gasteiger partial charge >= 0.3 is 0 Å². The van der Waals surface area contributed by atoms with Crippen molar-refractivity contribution in [2.45, 2.75) is 12.3 Å². The third-order valence-corrected chi connectivity index (χ3v) is 5.11. The number of anilines is 4. The van der Waals surface area contributed by atoms with E-state index in [4.69, 9.17) is 23.2 Å². The second kappa shape index (κ2) is 8.37. The third kappa shape index (κ3) is 4.52. The molecular formula is C20H14Cl2FN5O3. The summed E-state index contributed by atoms with van der Waals surface area (Å²) in [6.45, 7) is 0. The van der Waals surface area contributed by atoms with E-state index in [0.29, 0.717) is 16.4 Å². The fourth-order valence-corrected chi connectivity index (χ4v) is 3.59. The first-order chi connectivity index (χ1) is 14.8. The fraction of sp³-hybridized carbons (Fsp3) is 0.100. The van der Waals surface area contributed by atoms with Gasteiger partial charge in [0.1, 0.15) is 11.6 Å². The molecule has 31 heavy (non-hydrogen) atoms. The lowest BCUT2D eigenvalue weighted by Crippen LogP contribution is -2.36. The molecule has 1 atom stereocenters. The van der Waals surface area contributed by atoms with Gasteiger partial charge in [0.2, 0.25) is 17.8 Å². The molecule has 1 unspecified atom stereocenters. The molecule has 0 spiro atoms. The van der Waals surface area contributed by atoms with Crippen LogP contribution in [-0.2, 0) is 9.59 Å². The molecule has 0 saturated carbocycles. The van der Waals surface area contributed by atoms with E-state index in [1.54, 1.807) is 6.07 Å². The van der Waals surface area contributed by atoms with Crippen LogP contribution in [0.3, 0.4) is 0 Å². The molecule has 0 fully saturated rings. The van der Waals surface area contributed by atoms with Crippen LogP contribution in [0.15, 0.2) is 47.3 Å². The maximum Gasteiger partial charge on any atom is 0.258 e. The molecule has 1 aliphatic rings. The van der Waals surface area contributed by atoms with Crippen molar-refractivity contribution in [1.82, 2.24) is 9.97 Å². The van der Waals surface area contributed by atoms with Crippen LogP contribution in [0.5, 0.6) is 0 Å². The number of rotatable bonds is 4. The topological polar surface area (TPSA) is 116 Å². The summed E-state index contributed by atoms with van der Waals surface area (Å²) < 4.78 is 13.1. The Morgan fingerprint density at radius 1 is 1.13 bits per heavy atom. The molecule has 8 nitrogen and oxygen atoms in total. The van der Waals surface area contributed by atoms with Gasteiger partial charge in [0.15, 0.2) is 0 Å². The molecule has 0 radical (unpaired) electrons. The molecule has 4 N–H and O–H groups in total.